The number of nitrogens with zero attached hydrogens (tertiary/aromatic N) is 5. The van der Waals surface area contributed by atoms with E-state index in [0.717, 1.165) is 21.9 Å². The fourth-order valence-corrected chi connectivity index (χ4v) is 4.89. The standard InChI is InChI=1S/C26H11F8N5O2S/c1-11-2-4-14(5-3-11)42(40)39-10-16(15-6-13(26(32,33)34)9-36-24(15)39)22-12(7-35)8-37-25(38-22)41-23-20(30)18(28)17(27)19(29)21(23)31/h2-6,8-10H,1H3. The number of aryl methyl sites for hydroxylation is 1. The Bertz CT molecular complexity index is 1880. The minimum atomic E-state index is -4.86. The van der Waals surface area contributed by atoms with Gasteiger partial charge in [-0.1, -0.05) is 17.7 Å². The summed E-state index contributed by atoms with van der Waals surface area (Å²) in [5.74, 6) is -13.5. The van der Waals surface area contributed by atoms with E-state index in [9.17, 15) is 44.9 Å². The third kappa shape index (κ3) is 4.97. The van der Waals surface area contributed by atoms with E-state index >= 15 is 0 Å². The zero-order valence-electron chi connectivity index (χ0n) is 20.6. The number of pyridine rings is 1. The van der Waals surface area contributed by atoms with E-state index in [4.69, 9.17) is 4.74 Å². The Morgan fingerprint density at radius 3 is 2.14 bits per heavy atom. The van der Waals surface area contributed by atoms with Crippen molar-refractivity contribution in [3.8, 4) is 29.1 Å². The van der Waals surface area contributed by atoms with Gasteiger partial charge >= 0.3 is 12.2 Å². The molecule has 5 aromatic rings. The van der Waals surface area contributed by atoms with E-state index in [-0.39, 0.29) is 21.5 Å². The number of benzene rings is 2. The molecule has 0 bridgehead atoms. The molecule has 0 amide bonds. The summed E-state index contributed by atoms with van der Waals surface area (Å²) < 4.78 is 129. The van der Waals surface area contributed by atoms with Gasteiger partial charge in [0.1, 0.15) is 17.4 Å². The summed E-state index contributed by atoms with van der Waals surface area (Å²) in [6, 6.07) is 7.66. The van der Waals surface area contributed by atoms with Crippen molar-refractivity contribution in [2.75, 3.05) is 0 Å². The van der Waals surface area contributed by atoms with Crippen LogP contribution < -0.4 is 4.74 Å². The number of fused-ring (bicyclic) bond motifs is 1. The molecule has 0 aliphatic carbocycles. The van der Waals surface area contributed by atoms with Gasteiger partial charge in [-0.05, 0) is 25.1 Å². The number of ether oxygens (including phenoxy) is 1. The van der Waals surface area contributed by atoms with Crippen LogP contribution in [-0.4, -0.2) is 23.5 Å². The Kier molecular flexibility index (Phi) is 7.25. The highest BCUT2D eigenvalue weighted by Crippen LogP contribution is 2.38. The Labute approximate surface area is 233 Å². The predicted octanol–water partition coefficient (Wildman–Crippen LogP) is 6.75. The number of hydrogen-bond donors (Lipinski definition) is 0. The maximum atomic E-state index is 14.2. The van der Waals surface area contributed by atoms with Gasteiger partial charge in [-0.15, -0.1) is 3.97 Å². The molecule has 0 spiro atoms. The van der Waals surface area contributed by atoms with Crippen LogP contribution >= 0.6 is 0 Å². The summed E-state index contributed by atoms with van der Waals surface area (Å²) >= 11 is -2.07. The lowest BCUT2D eigenvalue weighted by atomic mass is 10.1. The minimum absolute atomic E-state index is 0.221. The Hall–Kier alpha value is -4.75. The number of rotatable bonds is 5. The van der Waals surface area contributed by atoms with Gasteiger partial charge in [-0.2, -0.15) is 32.2 Å². The van der Waals surface area contributed by atoms with E-state index in [1.54, 1.807) is 25.1 Å². The van der Waals surface area contributed by atoms with Crippen LogP contribution in [-0.2, 0) is 17.5 Å². The smallest absolute Gasteiger partial charge is 0.417 e. The molecule has 1 unspecified atom stereocenters. The van der Waals surface area contributed by atoms with Crippen molar-refractivity contribution in [3.63, 3.8) is 0 Å². The van der Waals surface area contributed by atoms with Gasteiger partial charge in [0.25, 0.3) is 0 Å². The fraction of sp³-hybridized carbons (Fsp3) is 0.0769. The second-order valence-corrected chi connectivity index (χ2v) is 9.91. The molecule has 42 heavy (non-hydrogen) atoms. The highest BCUT2D eigenvalue weighted by atomic mass is 32.2. The molecule has 3 aromatic heterocycles. The minimum Gasteiger partial charge on any atom is -0.587 e. The highest BCUT2D eigenvalue weighted by Gasteiger charge is 2.34. The van der Waals surface area contributed by atoms with Crippen molar-refractivity contribution in [2.24, 2.45) is 0 Å². The summed E-state index contributed by atoms with van der Waals surface area (Å²) in [6.07, 6.45) is -2.51. The van der Waals surface area contributed by atoms with Crippen molar-refractivity contribution in [2.45, 2.75) is 18.0 Å². The monoisotopic (exact) mass is 609 g/mol. The average molecular weight is 609 g/mol. The first-order chi connectivity index (χ1) is 19.8. The first-order valence-corrected chi connectivity index (χ1v) is 12.5. The molecule has 2 aromatic carbocycles. The lowest BCUT2D eigenvalue weighted by molar-refractivity contribution is -0.137. The zero-order chi connectivity index (χ0) is 30.5. The largest absolute Gasteiger partial charge is 0.587 e. The molecule has 5 rings (SSSR count). The molecular formula is C26H11F8N5O2S. The van der Waals surface area contributed by atoms with Gasteiger partial charge in [-0.25, -0.2) is 23.1 Å². The van der Waals surface area contributed by atoms with Gasteiger partial charge in [0, 0.05) is 17.1 Å². The normalized spacial score (nSPS) is 12.4. The lowest BCUT2D eigenvalue weighted by Crippen LogP contribution is -2.13. The maximum Gasteiger partial charge on any atom is 0.417 e. The molecule has 7 nitrogen and oxygen atoms in total. The first-order valence-electron chi connectivity index (χ1n) is 11.4. The van der Waals surface area contributed by atoms with Crippen molar-refractivity contribution in [3.05, 3.63) is 94.7 Å². The second kappa shape index (κ2) is 10.6. The molecule has 0 fully saturated rings. The third-order valence-electron chi connectivity index (χ3n) is 5.85. The van der Waals surface area contributed by atoms with Crippen LogP contribution in [0.4, 0.5) is 35.1 Å². The van der Waals surface area contributed by atoms with Gasteiger partial charge in [0.15, 0.2) is 10.5 Å². The van der Waals surface area contributed by atoms with E-state index in [0.29, 0.717) is 12.3 Å². The van der Waals surface area contributed by atoms with E-state index < -0.39 is 75.2 Å². The van der Waals surface area contributed by atoms with E-state index in [1.165, 1.54) is 12.1 Å². The fourth-order valence-electron chi connectivity index (χ4n) is 3.79. The molecule has 16 heteroatoms. The number of nitriles is 1. The van der Waals surface area contributed by atoms with Crippen LogP contribution in [0.5, 0.6) is 11.8 Å². The van der Waals surface area contributed by atoms with Crippen molar-refractivity contribution >= 4 is 22.4 Å². The van der Waals surface area contributed by atoms with Gasteiger partial charge in [0.2, 0.25) is 34.8 Å². The Morgan fingerprint density at radius 2 is 1.55 bits per heavy atom. The summed E-state index contributed by atoms with van der Waals surface area (Å²) in [4.78, 5) is 11.4. The Morgan fingerprint density at radius 1 is 0.929 bits per heavy atom. The van der Waals surface area contributed by atoms with Gasteiger partial charge in [-0.3, -0.25) is 0 Å². The summed E-state index contributed by atoms with van der Waals surface area (Å²) in [5.41, 5.74) is -1.72. The number of hydrogen-bond acceptors (Lipinski definition) is 6. The molecule has 0 aliphatic heterocycles. The van der Waals surface area contributed by atoms with Crippen LogP contribution in [0, 0.1) is 47.3 Å². The predicted molar refractivity (Wildman–Crippen MR) is 130 cm³/mol. The summed E-state index contributed by atoms with van der Waals surface area (Å²) in [6.45, 7) is 1.78. The zero-order valence-corrected chi connectivity index (χ0v) is 21.4. The molecular weight excluding hydrogens is 598 g/mol. The quantitative estimate of drug-likeness (QED) is 0.0946. The summed E-state index contributed by atoms with van der Waals surface area (Å²) in [7, 11) is 0. The molecule has 214 valence electrons. The topological polar surface area (TPSA) is 99.7 Å². The molecule has 0 saturated heterocycles. The number of alkyl halides is 3. The molecule has 0 saturated carbocycles. The lowest BCUT2D eigenvalue weighted by Gasteiger charge is -2.11. The molecule has 0 aliphatic rings. The number of aromatic nitrogens is 4. The Balaban J connectivity index is 1.72. The highest BCUT2D eigenvalue weighted by molar-refractivity contribution is 7.90. The van der Waals surface area contributed by atoms with Crippen molar-refractivity contribution in [1.82, 2.24) is 18.9 Å². The van der Waals surface area contributed by atoms with E-state index in [2.05, 4.69) is 15.0 Å². The second-order valence-electron chi connectivity index (χ2n) is 8.55. The van der Waals surface area contributed by atoms with Crippen molar-refractivity contribution < 1.29 is 44.4 Å². The SMILES string of the molecule is Cc1ccc([S+]([O-])n2cc(-c3nc(Oc4c(F)c(F)c(F)c(F)c4F)ncc3C#N)c3cc(C(F)(F)F)cnc32)cc1. The first kappa shape index (κ1) is 28.8. The van der Waals surface area contributed by atoms with Crippen LogP contribution in [0.25, 0.3) is 22.3 Å². The van der Waals surface area contributed by atoms with Crippen LogP contribution in [0.3, 0.4) is 0 Å². The van der Waals surface area contributed by atoms with Crippen molar-refractivity contribution in [1.29, 1.82) is 5.26 Å². The number of halogens is 8. The molecule has 0 radical (unpaired) electrons. The van der Waals surface area contributed by atoms with Gasteiger partial charge in [0.05, 0.1) is 29.2 Å². The molecule has 3 heterocycles. The van der Waals surface area contributed by atoms with Crippen LogP contribution in [0.15, 0.2) is 53.8 Å². The third-order valence-corrected chi connectivity index (χ3v) is 7.16. The summed E-state index contributed by atoms with van der Waals surface area (Å²) in [5, 5.41) is 9.34. The van der Waals surface area contributed by atoms with Crippen LogP contribution in [0.2, 0.25) is 0 Å². The van der Waals surface area contributed by atoms with E-state index in [1.807, 2.05) is 0 Å². The maximum absolute atomic E-state index is 14.2. The average Bonchev–Trinajstić information content (AvgIpc) is 3.35. The van der Waals surface area contributed by atoms with Crippen LogP contribution in [0.1, 0.15) is 16.7 Å². The molecule has 0 N–H and O–H groups in total. The molecule has 1 atom stereocenters. The van der Waals surface area contributed by atoms with Gasteiger partial charge < -0.3 is 9.29 Å².